The molecule has 0 aliphatic carbocycles. The number of anilines is 2. The van der Waals surface area contributed by atoms with E-state index in [2.05, 4.69) is 5.32 Å². The van der Waals surface area contributed by atoms with Crippen molar-refractivity contribution in [3.8, 4) is 0 Å². The first-order chi connectivity index (χ1) is 9.13. The number of halogens is 1. The van der Waals surface area contributed by atoms with Gasteiger partial charge in [0, 0.05) is 28.4 Å². The van der Waals surface area contributed by atoms with Crippen molar-refractivity contribution >= 4 is 28.8 Å². The summed E-state index contributed by atoms with van der Waals surface area (Å²) in [5.74, 6) is 0.128. The molecule has 19 heavy (non-hydrogen) atoms. The lowest BCUT2D eigenvalue weighted by Crippen LogP contribution is -2.03. The van der Waals surface area contributed by atoms with Gasteiger partial charge >= 0.3 is 0 Å². The second kappa shape index (κ2) is 5.89. The lowest BCUT2D eigenvalue weighted by Gasteiger charge is -2.13. The summed E-state index contributed by atoms with van der Waals surface area (Å²) >= 11 is 6.10. The van der Waals surface area contributed by atoms with Crippen LogP contribution in [0.5, 0.6) is 0 Å². The summed E-state index contributed by atoms with van der Waals surface area (Å²) in [4.78, 5) is 11.9. The first-order valence-corrected chi connectivity index (χ1v) is 6.65. The lowest BCUT2D eigenvalue weighted by molar-refractivity contribution is 0.0989. The Morgan fingerprint density at radius 3 is 2.53 bits per heavy atom. The number of rotatable bonds is 4. The fourth-order valence-corrected chi connectivity index (χ4v) is 2.09. The molecule has 2 rings (SSSR count). The Balaban J connectivity index is 2.39. The molecule has 98 valence electrons. The van der Waals surface area contributed by atoms with Crippen molar-refractivity contribution in [2.24, 2.45) is 0 Å². The quantitative estimate of drug-likeness (QED) is 0.796. The third kappa shape index (κ3) is 2.96. The van der Waals surface area contributed by atoms with Crippen LogP contribution in [0.1, 0.15) is 29.3 Å². The number of carbonyl (C=O) groups excluding carboxylic acids is 1. The minimum absolute atomic E-state index is 0.128. The second-order valence-corrected chi connectivity index (χ2v) is 4.77. The summed E-state index contributed by atoms with van der Waals surface area (Å²) in [6.07, 6.45) is 0.493. The summed E-state index contributed by atoms with van der Waals surface area (Å²) < 4.78 is 0. The summed E-state index contributed by atoms with van der Waals surface area (Å²) in [5, 5.41) is 4.00. The molecule has 0 aromatic heterocycles. The molecular formula is C16H16ClNO. The molecule has 0 bridgehead atoms. The SMILES string of the molecule is CCC(=O)c1ccccc1Nc1cccc(Cl)c1C. The van der Waals surface area contributed by atoms with Gasteiger partial charge < -0.3 is 5.32 Å². The van der Waals surface area contributed by atoms with Gasteiger partial charge in [0.25, 0.3) is 0 Å². The number of Topliss-reactive ketones (excluding diaryl/α,β-unsaturated/α-hetero) is 1. The van der Waals surface area contributed by atoms with E-state index in [1.54, 1.807) is 0 Å². The first kappa shape index (κ1) is 13.6. The van der Waals surface area contributed by atoms with Gasteiger partial charge in [0.1, 0.15) is 0 Å². The normalized spacial score (nSPS) is 10.3. The second-order valence-electron chi connectivity index (χ2n) is 4.36. The number of carbonyl (C=O) groups is 1. The van der Waals surface area contributed by atoms with Crippen LogP contribution in [-0.2, 0) is 0 Å². The molecule has 2 aromatic carbocycles. The molecule has 1 N–H and O–H groups in total. The molecule has 0 amide bonds. The average molecular weight is 274 g/mol. The smallest absolute Gasteiger partial charge is 0.164 e. The molecule has 2 aromatic rings. The standard InChI is InChI=1S/C16H16ClNO/c1-3-16(19)12-7-4-5-9-15(12)18-14-10-6-8-13(17)11(14)2/h4-10,18H,3H2,1-2H3. The van der Waals surface area contributed by atoms with Crippen LogP contribution in [0.3, 0.4) is 0 Å². The number of benzene rings is 2. The van der Waals surface area contributed by atoms with Gasteiger partial charge in [-0.25, -0.2) is 0 Å². The van der Waals surface area contributed by atoms with Gasteiger partial charge in [-0.15, -0.1) is 0 Å². The van der Waals surface area contributed by atoms with Gasteiger partial charge in [0.2, 0.25) is 0 Å². The van der Waals surface area contributed by atoms with Crippen LogP contribution in [0.15, 0.2) is 42.5 Å². The van der Waals surface area contributed by atoms with Crippen molar-refractivity contribution in [1.29, 1.82) is 0 Å². The van der Waals surface area contributed by atoms with E-state index < -0.39 is 0 Å². The van der Waals surface area contributed by atoms with Gasteiger partial charge in [-0.2, -0.15) is 0 Å². The van der Waals surface area contributed by atoms with Crippen LogP contribution in [0.4, 0.5) is 11.4 Å². The summed E-state index contributed by atoms with van der Waals surface area (Å²) in [6, 6.07) is 13.2. The van der Waals surface area contributed by atoms with Gasteiger partial charge in [-0.1, -0.05) is 36.7 Å². The van der Waals surface area contributed by atoms with Crippen molar-refractivity contribution in [3.05, 3.63) is 58.6 Å². The van der Waals surface area contributed by atoms with Gasteiger partial charge in [-0.05, 0) is 36.8 Å². The van der Waals surface area contributed by atoms with Gasteiger partial charge in [0.15, 0.2) is 5.78 Å². The topological polar surface area (TPSA) is 29.1 Å². The zero-order valence-electron chi connectivity index (χ0n) is 11.0. The fraction of sp³-hybridized carbons (Fsp3) is 0.188. The third-order valence-corrected chi connectivity index (χ3v) is 3.50. The number of nitrogens with one attached hydrogen (secondary N) is 1. The molecule has 2 nitrogen and oxygen atoms in total. The number of hydrogen-bond acceptors (Lipinski definition) is 2. The van der Waals surface area contributed by atoms with Crippen molar-refractivity contribution in [2.75, 3.05) is 5.32 Å². The van der Waals surface area contributed by atoms with E-state index in [0.29, 0.717) is 17.0 Å². The zero-order chi connectivity index (χ0) is 13.8. The number of ketones is 1. The summed E-state index contributed by atoms with van der Waals surface area (Å²) in [7, 11) is 0. The molecule has 0 saturated carbocycles. The highest BCUT2D eigenvalue weighted by molar-refractivity contribution is 6.31. The molecule has 0 spiro atoms. The summed E-state index contributed by atoms with van der Waals surface area (Å²) in [5.41, 5.74) is 3.43. The van der Waals surface area contributed by atoms with Crippen molar-refractivity contribution < 1.29 is 4.79 Å². The predicted octanol–water partition coefficient (Wildman–Crippen LogP) is 4.98. The lowest BCUT2D eigenvalue weighted by atomic mass is 10.1. The average Bonchev–Trinajstić information content (AvgIpc) is 2.43. The molecule has 0 heterocycles. The Bertz CT molecular complexity index is 607. The number of hydrogen-bond donors (Lipinski definition) is 1. The summed E-state index contributed by atoms with van der Waals surface area (Å²) in [6.45, 7) is 3.82. The highest BCUT2D eigenvalue weighted by Gasteiger charge is 2.10. The maximum atomic E-state index is 11.9. The van der Waals surface area contributed by atoms with Crippen LogP contribution in [-0.4, -0.2) is 5.78 Å². The largest absolute Gasteiger partial charge is 0.355 e. The van der Waals surface area contributed by atoms with Crippen LogP contribution < -0.4 is 5.32 Å². The van der Waals surface area contributed by atoms with E-state index in [1.807, 2.05) is 56.3 Å². The van der Waals surface area contributed by atoms with E-state index in [1.165, 1.54) is 0 Å². The van der Waals surface area contributed by atoms with Crippen LogP contribution >= 0.6 is 11.6 Å². The first-order valence-electron chi connectivity index (χ1n) is 6.28. The highest BCUT2D eigenvalue weighted by atomic mass is 35.5. The molecule has 0 aliphatic heterocycles. The van der Waals surface area contributed by atoms with Crippen LogP contribution in [0.2, 0.25) is 5.02 Å². The van der Waals surface area contributed by atoms with E-state index in [0.717, 1.165) is 16.9 Å². The molecule has 0 saturated heterocycles. The van der Waals surface area contributed by atoms with Crippen molar-refractivity contribution in [1.82, 2.24) is 0 Å². The highest BCUT2D eigenvalue weighted by Crippen LogP contribution is 2.28. The molecule has 0 radical (unpaired) electrons. The zero-order valence-corrected chi connectivity index (χ0v) is 11.8. The Kier molecular flexibility index (Phi) is 4.23. The Hall–Kier alpha value is -1.80. The monoisotopic (exact) mass is 273 g/mol. The molecule has 0 unspecified atom stereocenters. The Labute approximate surface area is 118 Å². The Morgan fingerprint density at radius 1 is 1.11 bits per heavy atom. The third-order valence-electron chi connectivity index (χ3n) is 3.09. The van der Waals surface area contributed by atoms with Crippen molar-refractivity contribution in [2.45, 2.75) is 20.3 Å². The van der Waals surface area contributed by atoms with Crippen LogP contribution in [0, 0.1) is 6.92 Å². The van der Waals surface area contributed by atoms with Gasteiger partial charge in [-0.3, -0.25) is 4.79 Å². The molecule has 3 heteroatoms. The molecular weight excluding hydrogens is 258 g/mol. The van der Waals surface area contributed by atoms with E-state index in [-0.39, 0.29) is 5.78 Å². The fourth-order valence-electron chi connectivity index (χ4n) is 1.91. The van der Waals surface area contributed by atoms with Gasteiger partial charge in [0.05, 0.1) is 0 Å². The number of para-hydroxylation sites is 1. The predicted molar refractivity (Wildman–Crippen MR) is 80.5 cm³/mol. The molecule has 0 atom stereocenters. The van der Waals surface area contributed by atoms with E-state index in [4.69, 9.17) is 11.6 Å². The maximum Gasteiger partial charge on any atom is 0.164 e. The molecule has 0 fully saturated rings. The van der Waals surface area contributed by atoms with E-state index >= 15 is 0 Å². The minimum atomic E-state index is 0.128. The van der Waals surface area contributed by atoms with E-state index in [9.17, 15) is 4.79 Å². The van der Waals surface area contributed by atoms with Crippen molar-refractivity contribution in [3.63, 3.8) is 0 Å². The Morgan fingerprint density at radius 2 is 1.79 bits per heavy atom. The molecule has 0 aliphatic rings. The maximum absolute atomic E-state index is 11.9. The van der Waals surface area contributed by atoms with Crippen LogP contribution in [0.25, 0.3) is 0 Å². The minimum Gasteiger partial charge on any atom is -0.355 e.